The number of ether oxygens (including phenoxy) is 4. The van der Waals surface area contributed by atoms with E-state index in [2.05, 4.69) is 41.5 Å². The molecule has 17 nitrogen and oxygen atoms in total. The van der Waals surface area contributed by atoms with Crippen molar-refractivity contribution in [3.05, 3.63) is 0 Å². The Hall–Kier alpha value is -1.94. The molecule has 5 atom stereocenters. The molecule has 0 spiro atoms. The molecule has 0 aliphatic carbocycles. The maximum atomic E-state index is 13.1. The van der Waals surface area contributed by atoms with Gasteiger partial charge in [0.25, 0.3) is 0 Å². The molecular weight excluding hydrogens is 1210 g/mol. The van der Waals surface area contributed by atoms with Gasteiger partial charge in [-0.2, -0.15) is 0 Å². The number of phosphoric acid groups is 2. The molecule has 19 heteroatoms. The second kappa shape index (κ2) is 65.0. The molecule has 92 heavy (non-hydrogen) atoms. The summed E-state index contributed by atoms with van der Waals surface area (Å²) in [6.07, 6.45) is 51.3. The highest BCUT2D eigenvalue weighted by Gasteiger charge is 2.30. The fraction of sp³-hybridized carbons (Fsp3) is 0.945. The van der Waals surface area contributed by atoms with Crippen LogP contribution in [0.3, 0.4) is 0 Å². The lowest BCUT2D eigenvalue weighted by molar-refractivity contribution is -0.161. The smallest absolute Gasteiger partial charge is 0.462 e. The Labute approximate surface area is 562 Å². The third-order valence-corrected chi connectivity index (χ3v) is 18.9. The van der Waals surface area contributed by atoms with E-state index < -0.39 is 97.5 Å². The van der Waals surface area contributed by atoms with E-state index in [0.717, 1.165) is 102 Å². The Bertz CT molecular complexity index is 1790. The maximum absolute atomic E-state index is 13.1. The van der Waals surface area contributed by atoms with Crippen molar-refractivity contribution in [3.8, 4) is 0 Å². The molecule has 3 N–H and O–H groups in total. The molecule has 0 aromatic carbocycles. The molecule has 0 fully saturated rings. The van der Waals surface area contributed by atoms with Gasteiger partial charge < -0.3 is 33.8 Å². The Morgan fingerprint density at radius 3 is 0.739 bits per heavy atom. The lowest BCUT2D eigenvalue weighted by Crippen LogP contribution is -2.30. The molecule has 0 aliphatic heterocycles. The number of esters is 4. The van der Waals surface area contributed by atoms with E-state index in [4.69, 9.17) is 37.0 Å². The summed E-state index contributed by atoms with van der Waals surface area (Å²) in [5.41, 5.74) is 0. The second-order valence-corrected chi connectivity index (χ2v) is 30.2. The molecule has 0 aromatic heterocycles. The van der Waals surface area contributed by atoms with E-state index in [1.165, 1.54) is 193 Å². The van der Waals surface area contributed by atoms with Crippen molar-refractivity contribution >= 4 is 39.5 Å². The third kappa shape index (κ3) is 66.7. The van der Waals surface area contributed by atoms with Gasteiger partial charge >= 0.3 is 39.5 Å². The van der Waals surface area contributed by atoms with Crippen LogP contribution in [0.15, 0.2) is 0 Å². The Kier molecular flexibility index (Phi) is 63.7. The molecule has 0 rings (SSSR count). The van der Waals surface area contributed by atoms with Gasteiger partial charge in [0, 0.05) is 25.7 Å². The average Bonchev–Trinajstić information content (AvgIpc) is 2.30. The van der Waals surface area contributed by atoms with Crippen molar-refractivity contribution in [1.82, 2.24) is 0 Å². The summed E-state index contributed by atoms with van der Waals surface area (Å²) in [5.74, 6) is -0.620. The summed E-state index contributed by atoms with van der Waals surface area (Å²) in [4.78, 5) is 72.7. The first kappa shape index (κ1) is 90.1. The minimum atomic E-state index is -4.95. The van der Waals surface area contributed by atoms with Crippen LogP contribution in [0, 0.1) is 11.8 Å². The van der Waals surface area contributed by atoms with Crippen LogP contribution in [0.25, 0.3) is 0 Å². The van der Waals surface area contributed by atoms with Gasteiger partial charge in [-0.3, -0.25) is 37.3 Å². The zero-order valence-electron chi connectivity index (χ0n) is 59.9. The van der Waals surface area contributed by atoms with E-state index in [-0.39, 0.29) is 25.7 Å². The summed E-state index contributed by atoms with van der Waals surface area (Å²) < 4.78 is 68.4. The Morgan fingerprint density at radius 2 is 0.500 bits per heavy atom. The zero-order chi connectivity index (χ0) is 67.9. The van der Waals surface area contributed by atoms with Crippen LogP contribution in [-0.4, -0.2) is 96.7 Å². The van der Waals surface area contributed by atoms with Gasteiger partial charge in [-0.15, -0.1) is 0 Å². The fourth-order valence-corrected chi connectivity index (χ4v) is 12.7. The number of aliphatic hydroxyl groups is 1. The van der Waals surface area contributed by atoms with Crippen LogP contribution in [0.4, 0.5) is 0 Å². The molecule has 0 aromatic rings. The number of hydrogen-bond donors (Lipinski definition) is 3. The molecule has 0 bridgehead atoms. The summed E-state index contributed by atoms with van der Waals surface area (Å²) in [6.45, 7) is 9.54. The maximum Gasteiger partial charge on any atom is 0.472 e. The molecule has 0 saturated heterocycles. The van der Waals surface area contributed by atoms with Gasteiger partial charge in [-0.25, -0.2) is 9.13 Å². The first-order valence-corrected chi connectivity index (χ1v) is 41.0. The van der Waals surface area contributed by atoms with Gasteiger partial charge in [0.15, 0.2) is 12.2 Å². The predicted molar refractivity (Wildman–Crippen MR) is 372 cm³/mol. The Balaban J connectivity index is 5.24. The first-order valence-electron chi connectivity index (χ1n) is 38.0. The van der Waals surface area contributed by atoms with Crippen molar-refractivity contribution in [1.29, 1.82) is 0 Å². The van der Waals surface area contributed by atoms with Gasteiger partial charge in [0.05, 0.1) is 26.4 Å². The molecule has 0 amide bonds. The van der Waals surface area contributed by atoms with Crippen molar-refractivity contribution < 1.29 is 80.2 Å². The summed E-state index contributed by atoms with van der Waals surface area (Å²) in [5, 5.41) is 10.6. The molecule has 0 radical (unpaired) electrons. The largest absolute Gasteiger partial charge is 0.472 e. The van der Waals surface area contributed by atoms with Gasteiger partial charge in [-0.1, -0.05) is 324 Å². The fourth-order valence-electron chi connectivity index (χ4n) is 11.1. The number of rotatable bonds is 72. The number of unbranched alkanes of at least 4 members (excludes halogenated alkanes) is 42. The zero-order valence-corrected chi connectivity index (χ0v) is 61.6. The van der Waals surface area contributed by atoms with Crippen LogP contribution in [-0.2, 0) is 65.4 Å². The number of carbonyl (C=O) groups is 4. The molecule has 0 aliphatic rings. The average molecular weight is 1350 g/mol. The second-order valence-electron chi connectivity index (χ2n) is 27.3. The van der Waals surface area contributed by atoms with Gasteiger partial charge in [0.2, 0.25) is 0 Å². The van der Waals surface area contributed by atoms with Crippen molar-refractivity contribution in [2.24, 2.45) is 11.8 Å². The molecule has 0 heterocycles. The van der Waals surface area contributed by atoms with E-state index in [1.807, 2.05) is 0 Å². The number of phosphoric ester groups is 2. The topological polar surface area (TPSA) is 237 Å². The van der Waals surface area contributed by atoms with Crippen LogP contribution in [0.5, 0.6) is 0 Å². The standard InChI is InChI=1S/C73H142O17P2/c1-7-9-11-13-15-17-19-20-21-22-23-28-32-39-45-51-57-72(77)89-68(61-84-71(76)56-50-44-38-31-27-25-24-26-29-35-41-47-53-65(3)4)63-87-91(79,80)85-59-67(74)60-86-92(81,82)88-64-69(62-83-70(75)55-49-43-37-30-18-16-14-12-10-8-2)90-73(78)58-52-46-40-34-33-36-42-48-54-66(5)6/h65-69,74H,7-64H2,1-6H3,(H,79,80)(H,81,82)/t67-,68-,69-/m1/s1. The SMILES string of the molecule is CCCCCCCCCCCCCCCCCCC(=O)O[C@H](COC(=O)CCCCCCCCCCCCCCC(C)C)COP(=O)(O)OC[C@@H](O)COP(=O)(O)OC[C@@H](COC(=O)CCCCCCCCCCCC)OC(=O)CCCCCCCCCCC(C)C. The van der Waals surface area contributed by atoms with E-state index in [0.29, 0.717) is 25.7 Å². The van der Waals surface area contributed by atoms with E-state index in [9.17, 15) is 43.2 Å². The summed E-state index contributed by atoms with van der Waals surface area (Å²) in [7, 11) is -9.90. The highest BCUT2D eigenvalue weighted by atomic mass is 31.2. The van der Waals surface area contributed by atoms with Gasteiger partial charge in [-0.05, 0) is 37.5 Å². The van der Waals surface area contributed by atoms with Crippen molar-refractivity contribution in [3.63, 3.8) is 0 Å². The first-order chi connectivity index (χ1) is 44.4. The van der Waals surface area contributed by atoms with Crippen LogP contribution in [0.2, 0.25) is 0 Å². The predicted octanol–water partition coefficient (Wildman–Crippen LogP) is 21.2. The summed E-state index contributed by atoms with van der Waals surface area (Å²) >= 11 is 0. The highest BCUT2D eigenvalue weighted by Crippen LogP contribution is 2.45. The van der Waals surface area contributed by atoms with Crippen molar-refractivity contribution in [2.75, 3.05) is 39.6 Å². The van der Waals surface area contributed by atoms with Crippen molar-refractivity contribution in [2.45, 2.75) is 394 Å². The lowest BCUT2D eigenvalue weighted by Gasteiger charge is -2.21. The van der Waals surface area contributed by atoms with Crippen LogP contribution < -0.4 is 0 Å². The minimum absolute atomic E-state index is 0.105. The lowest BCUT2D eigenvalue weighted by atomic mass is 10.0. The highest BCUT2D eigenvalue weighted by molar-refractivity contribution is 7.47. The molecule has 546 valence electrons. The van der Waals surface area contributed by atoms with Gasteiger partial charge in [0.1, 0.15) is 19.3 Å². The van der Waals surface area contributed by atoms with Crippen LogP contribution in [0.1, 0.15) is 375 Å². The van der Waals surface area contributed by atoms with E-state index in [1.54, 1.807) is 0 Å². The summed E-state index contributed by atoms with van der Waals surface area (Å²) in [6, 6.07) is 0. The molecule has 2 unspecified atom stereocenters. The third-order valence-electron chi connectivity index (χ3n) is 17.0. The number of aliphatic hydroxyl groups excluding tert-OH is 1. The van der Waals surface area contributed by atoms with E-state index >= 15 is 0 Å². The number of carbonyl (C=O) groups excluding carboxylic acids is 4. The normalized spacial score (nSPS) is 14.1. The molecule has 0 saturated carbocycles. The van der Waals surface area contributed by atoms with Crippen LogP contribution >= 0.6 is 15.6 Å². The number of hydrogen-bond acceptors (Lipinski definition) is 15. The quantitative estimate of drug-likeness (QED) is 0.0222. The monoisotopic (exact) mass is 1350 g/mol. The molecular formula is C73H142O17P2. The minimum Gasteiger partial charge on any atom is -0.462 e. The Morgan fingerprint density at radius 1 is 0.293 bits per heavy atom.